The van der Waals surface area contributed by atoms with Crippen LogP contribution in [0, 0.1) is 0 Å². The summed E-state index contributed by atoms with van der Waals surface area (Å²) in [5, 5.41) is 21.1. The summed E-state index contributed by atoms with van der Waals surface area (Å²) in [5.41, 5.74) is -0.0427. The number of nitrogens with one attached hydrogen (secondary N) is 1. The Balaban J connectivity index is 2.50. The van der Waals surface area contributed by atoms with Crippen molar-refractivity contribution in [1.29, 1.82) is 0 Å². The first-order chi connectivity index (χ1) is 8.54. The SMILES string of the molecule is CCOC(=O)CCNC(=O)c1cc(O)ccc1O. The topological polar surface area (TPSA) is 95.9 Å². The van der Waals surface area contributed by atoms with Crippen LogP contribution in [0.3, 0.4) is 0 Å². The molecule has 0 fully saturated rings. The van der Waals surface area contributed by atoms with Gasteiger partial charge in [-0.2, -0.15) is 0 Å². The Kier molecular flexibility index (Phi) is 4.98. The molecule has 0 saturated heterocycles. The summed E-state index contributed by atoms with van der Waals surface area (Å²) in [4.78, 5) is 22.6. The Morgan fingerprint density at radius 2 is 2.06 bits per heavy atom. The van der Waals surface area contributed by atoms with Gasteiger partial charge in [0.05, 0.1) is 18.6 Å². The lowest BCUT2D eigenvalue weighted by molar-refractivity contribution is -0.142. The number of carbonyl (C=O) groups is 2. The molecule has 0 bridgehead atoms. The molecular formula is C12H15NO5. The molecular weight excluding hydrogens is 238 g/mol. The summed E-state index contributed by atoms with van der Waals surface area (Å²) in [5.74, 6) is -1.32. The lowest BCUT2D eigenvalue weighted by Crippen LogP contribution is -2.26. The average molecular weight is 253 g/mol. The highest BCUT2D eigenvalue weighted by Crippen LogP contribution is 2.21. The van der Waals surface area contributed by atoms with Crippen molar-refractivity contribution in [2.45, 2.75) is 13.3 Å². The molecule has 6 nitrogen and oxygen atoms in total. The van der Waals surface area contributed by atoms with Crippen molar-refractivity contribution >= 4 is 11.9 Å². The molecule has 0 saturated carbocycles. The second-order valence-electron chi connectivity index (χ2n) is 3.51. The lowest BCUT2D eigenvalue weighted by Gasteiger charge is -2.07. The summed E-state index contributed by atoms with van der Waals surface area (Å²) in [7, 11) is 0. The van der Waals surface area contributed by atoms with Crippen LogP contribution in [0.1, 0.15) is 23.7 Å². The molecule has 0 aliphatic rings. The monoisotopic (exact) mass is 253 g/mol. The summed E-state index contributed by atoms with van der Waals surface area (Å²) in [6.07, 6.45) is 0.0547. The standard InChI is InChI=1S/C12H15NO5/c1-2-18-11(16)5-6-13-12(17)9-7-8(14)3-4-10(9)15/h3-4,7,14-15H,2,5-6H2,1H3,(H,13,17). The van der Waals surface area contributed by atoms with Crippen LogP contribution in [0.15, 0.2) is 18.2 Å². The number of phenolic OH excluding ortho intramolecular Hbond substituents is 2. The quantitative estimate of drug-likeness (QED) is 0.532. The highest BCUT2D eigenvalue weighted by atomic mass is 16.5. The minimum absolute atomic E-state index is 0.0427. The molecule has 1 amide bonds. The van der Waals surface area contributed by atoms with Crippen molar-refractivity contribution in [3.05, 3.63) is 23.8 Å². The molecule has 1 aromatic rings. The fourth-order valence-electron chi connectivity index (χ4n) is 1.31. The average Bonchev–Trinajstić information content (AvgIpc) is 2.32. The number of hydrogen-bond acceptors (Lipinski definition) is 5. The van der Waals surface area contributed by atoms with Gasteiger partial charge < -0.3 is 20.3 Å². The number of rotatable bonds is 5. The number of carbonyl (C=O) groups excluding carboxylic acids is 2. The zero-order valence-corrected chi connectivity index (χ0v) is 9.97. The molecule has 98 valence electrons. The van der Waals surface area contributed by atoms with Crippen LogP contribution in [0.4, 0.5) is 0 Å². The highest BCUT2D eigenvalue weighted by molar-refractivity contribution is 5.97. The third-order valence-corrected chi connectivity index (χ3v) is 2.14. The van der Waals surface area contributed by atoms with Crippen LogP contribution < -0.4 is 5.32 Å². The number of benzene rings is 1. The van der Waals surface area contributed by atoms with E-state index in [-0.39, 0.29) is 30.0 Å². The molecule has 18 heavy (non-hydrogen) atoms. The third-order valence-electron chi connectivity index (χ3n) is 2.14. The first-order valence-corrected chi connectivity index (χ1v) is 5.50. The Hall–Kier alpha value is -2.24. The van der Waals surface area contributed by atoms with Crippen LogP contribution in [-0.4, -0.2) is 35.2 Å². The first-order valence-electron chi connectivity index (χ1n) is 5.50. The van der Waals surface area contributed by atoms with E-state index in [0.29, 0.717) is 6.61 Å². The van der Waals surface area contributed by atoms with E-state index < -0.39 is 11.9 Å². The highest BCUT2D eigenvalue weighted by Gasteiger charge is 2.12. The summed E-state index contributed by atoms with van der Waals surface area (Å²) < 4.78 is 4.69. The van der Waals surface area contributed by atoms with E-state index in [1.165, 1.54) is 12.1 Å². The smallest absolute Gasteiger partial charge is 0.307 e. The Labute approximate surface area is 104 Å². The van der Waals surface area contributed by atoms with E-state index in [1.807, 2.05) is 0 Å². The molecule has 0 aromatic heterocycles. The van der Waals surface area contributed by atoms with Crippen molar-refractivity contribution in [2.24, 2.45) is 0 Å². The van der Waals surface area contributed by atoms with Gasteiger partial charge in [-0.05, 0) is 25.1 Å². The van der Waals surface area contributed by atoms with E-state index in [4.69, 9.17) is 4.74 Å². The number of amides is 1. The van der Waals surface area contributed by atoms with Gasteiger partial charge in [0.2, 0.25) is 0 Å². The molecule has 0 aliphatic carbocycles. The van der Waals surface area contributed by atoms with Gasteiger partial charge in [0, 0.05) is 6.54 Å². The molecule has 1 aromatic carbocycles. The van der Waals surface area contributed by atoms with Gasteiger partial charge in [0.25, 0.3) is 5.91 Å². The fourth-order valence-corrected chi connectivity index (χ4v) is 1.31. The molecule has 0 unspecified atom stereocenters. The maximum Gasteiger partial charge on any atom is 0.307 e. The van der Waals surface area contributed by atoms with Gasteiger partial charge in [-0.25, -0.2) is 0 Å². The Morgan fingerprint density at radius 1 is 1.33 bits per heavy atom. The van der Waals surface area contributed by atoms with Crippen molar-refractivity contribution in [1.82, 2.24) is 5.32 Å². The maximum atomic E-state index is 11.6. The van der Waals surface area contributed by atoms with Gasteiger partial charge in [-0.1, -0.05) is 0 Å². The maximum absolute atomic E-state index is 11.6. The fraction of sp³-hybridized carbons (Fsp3) is 0.333. The predicted molar refractivity (Wildman–Crippen MR) is 63.4 cm³/mol. The van der Waals surface area contributed by atoms with E-state index in [9.17, 15) is 19.8 Å². The van der Waals surface area contributed by atoms with Gasteiger partial charge >= 0.3 is 5.97 Å². The molecule has 0 atom stereocenters. The van der Waals surface area contributed by atoms with Gasteiger partial charge in [0.1, 0.15) is 11.5 Å². The van der Waals surface area contributed by atoms with Crippen LogP contribution in [0.2, 0.25) is 0 Å². The second-order valence-corrected chi connectivity index (χ2v) is 3.51. The molecule has 3 N–H and O–H groups in total. The van der Waals surface area contributed by atoms with Crippen molar-refractivity contribution in [2.75, 3.05) is 13.2 Å². The Morgan fingerprint density at radius 3 is 2.72 bits per heavy atom. The van der Waals surface area contributed by atoms with E-state index in [1.54, 1.807) is 6.92 Å². The molecule has 6 heteroatoms. The zero-order chi connectivity index (χ0) is 13.5. The van der Waals surface area contributed by atoms with Crippen molar-refractivity contribution in [3.8, 4) is 11.5 Å². The summed E-state index contributed by atoms with van der Waals surface area (Å²) in [6.45, 7) is 2.09. The first kappa shape index (κ1) is 13.8. The third kappa shape index (κ3) is 3.97. The minimum atomic E-state index is -0.562. The predicted octanol–water partition coefficient (Wildman–Crippen LogP) is 0.781. The van der Waals surface area contributed by atoms with E-state index in [0.717, 1.165) is 6.07 Å². The number of esters is 1. The van der Waals surface area contributed by atoms with Crippen LogP contribution in [-0.2, 0) is 9.53 Å². The van der Waals surface area contributed by atoms with E-state index in [2.05, 4.69) is 5.32 Å². The zero-order valence-electron chi connectivity index (χ0n) is 9.97. The summed E-state index contributed by atoms with van der Waals surface area (Å²) in [6, 6.07) is 3.63. The molecule has 0 radical (unpaired) electrons. The molecule has 0 spiro atoms. The lowest BCUT2D eigenvalue weighted by atomic mass is 10.1. The van der Waals surface area contributed by atoms with Gasteiger partial charge in [-0.15, -0.1) is 0 Å². The second kappa shape index (κ2) is 6.48. The van der Waals surface area contributed by atoms with Crippen molar-refractivity contribution in [3.63, 3.8) is 0 Å². The normalized spacial score (nSPS) is 9.83. The molecule has 0 heterocycles. The van der Waals surface area contributed by atoms with Gasteiger partial charge in [-0.3, -0.25) is 9.59 Å². The van der Waals surface area contributed by atoms with Gasteiger partial charge in [0.15, 0.2) is 0 Å². The Bertz CT molecular complexity index is 444. The van der Waals surface area contributed by atoms with Crippen LogP contribution >= 0.6 is 0 Å². The van der Waals surface area contributed by atoms with Crippen LogP contribution in [0.25, 0.3) is 0 Å². The largest absolute Gasteiger partial charge is 0.508 e. The number of ether oxygens (including phenoxy) is 1. The molecule has 0 aliphatic heterocycles. The summed E-state index contributed by atoms with van der Waals surface area (Å²) >= 11 is 0. The molecule has 1 rings (SSSR count). The van der Waals surface area contributed by atoms with Crippen molar-refractivity contribution < 1.29 is 24.5 Å². The number of phenols is 2. The number of hydrogen-bond donors (Lipinski definition) is 3. The number of aromatic hydroxyl groups is 2. The van der Waals surface area contributed by atoms with E-state index >= 15 is 0 Å². The van der Waals surface area contributed by atoms with Crippen LogP contribution in [0.5, 0.6) is 11.5 Å². The minimum Gasteiger partial charge on any atom is -0.508 e.